The molecule has 0 bridgehead atoms. The summed E-state index contributed by atoms with van der Waals surface area (Å²) in [6.45, 7) is 1.85. The van der Waals surface area contributed by atoms with Crippen LogP contribution in [0.5, 0.6) is 0 Å². The molecule has 1 aliphatic rings. The zero-order chi connectivity index (χ0) is 20.7. The van der Waals surface area contributed by atoms with E-state index in [1.165, 1.54) is 10.4 Å². The van der Waals surface area contributed by atoms with Crippen molar-refractivity contribution >= 4 is 37.9 Å². The minimum atomic E-state index is -3.42. The maximum atomic E-state index is 12.7. The van der Waals surface area contributed by atoms with Crippen molar-refractivity contribution in [3.05, 3.63) is 75.8 Å². The monoisotopic (exact) mass is 478 g/mol. The van der Waals surface area contributed by atoms with Crippen molar-refractivity contribution in [3.8, 4) is 0 Å². The van der Waals surface area contributed by atoms with E-state index >= 15 is 0 Å². The maximum Gasteiger partial charge on any atom is 0.244 e. The summed E-state index contributed by atoms with van der Waals surface area (Å²) in [5.41, 5.74) is 2.39. The van der Waals surface area contributed by atoms with E-state index in [9.17, 15) is 13.2 Å². The number of nitrogens with one attached hydrogen (secondary N) is 1. The number of halogens is 1. The second-order valence-electron chi connectivity index (χ2n) is 6.64. The Hall–Kier alpha value is -2.00. The van der Waals surface area contributed by atoms with Gasteiger partial charge in [0.05, 0.1) is 19.0 Å². The number of morpholine rings is 1. The Bertz CT molecular complexity index is 968. The summed E-state index contributed by atoms with van der Waals surface area (Å²) in [4.78, 5) is 12.2. The highest BCUT2D eigenvalue weighted by Gasteiger charge is 2.25. The van der Waals surface area contributed by atoms with Crippen LogP contribution < -0.4 is 5.32 Å². The predicted octanol–water partition coefficient (Wildman–Crippen LogP) is 2.94. The number of benzene rings is 2. The molecule has 0 saturated carbocycles. The van der Waals surface area contributed by atoms with Crippen molar-refractivity contribution in [1.82, 2.24) is 9.62 Å². The van der Waals surface area contributed by atoms with Crippen LogP contribution in [0.25, 0.3) is 6.08 Å². The van der Waals surface area contributed by atoms with Gasteiger partial charge < -0.3 is 10.1 Å². The van der Waals surface area contributed by atoms with Crippen molar-refractivity contribution in [1.29, 1.82) is 0 Å². The van der Waals surface area contributed by atoms with E-state index < -0.39 is 10.0 Å². The summed E-state index contributed by atoms with van der Waals surface area (Å²) in [6.07, 6.45) is 3.20. The van der Waals surface area contributed by atoms with E-state index in [1.54, 1.807) is 12.1 Å². The molecular weight excluding hydrogens is 456 g/mol. The van der Waals surface area contributed by atoms with Crippen molar-refractivity contribution in [3.63, 3.8) is 0 Å². The molecule has 1 N–H and O–H groups in total. The van der Waals surface area contributed by atoms with E-state index in [4.69, 9.17) is 4.74 Å². The first-order valence-corrected chi connectivity index (χ1v) is 11.7. The van der Waals surface area contributed by atoms with Crippen LogP contribution in [0.15, 0.2) is 59.1 Å². The molecule has 8 heteroatoms. The summed E-state index contributed by atoms with van der Waals surface area (Å²) < 4.78 is 33.1. The molecule has 1 fully saturated rings. The molecule has 29 heavy (non-hydrogen) atoms. The number of ether oxygens (including phenoxy) is 1. The highest BCUT2D eigenvalue weighted by molar-refractivity contribution is 9.10. The summed E-state index contributed by atoms with van der Waals surface area (Å²) >= 11 is 3.37. The molecule has 0 unspecified atom stereocenters. The van der Waals surface area contributed by atoms with E-state index in [2.05, 4.69) is 21.2 Å². The lowest BCUT2D eigenvalue weighted by molar-refractivity contribution is -0.116. The zero-order valence-electron chi connectivity index (χ0n) is 15.9. The number of hydrogen-bond donors (Lipinski definition) is 1. The van der Waals surface area contributed by atoms with Gasteiger partial charge in [0.25, 0.3) is 0 Å². The third-order valence-corrected chi connectivity index (χ3v) is 6.93. The summed E-state index contributed by atoms with van der Waals surface area (Å²) in [7, 11) is -3.42. The molecule has 1 aliphatic heterocycles. The van der Waals surface area contributed by atoms with Crippen LogP contribution in [0.1, 0.15) is 16.7 Å². The highest BCUT2D eigenvalue weighted by Crippen LogP contribution is 2.17. The quantitative estimate of drug-likeness (QED) is 0.620. The number of nitrogens with zero attached hydrogens (tertiary/aromatic N) is 1. The highest BCUT2D eigenvalue weighted by atomic mass is 79.9. The van der Waals surface area contributed by atoms with Crippen LogP contribution in [0.4, 0.5) is 0 Å². The van der Waals surface area contributed by atoms with Crippen molar-refractivity contribution < 1.29 is 17.9 Å². The fourth-order valence-corrected chi connectivity index (χ4v) is 4.80. The van der Waals surface area contributed by atoms with Gasteiger partial charge in [-0.05, 0) is 34.9 Å². The van der Waals surface area contributed by atoms with Gasteiger partial charge in [0.1, 0.15) is 0 Å². The van der Waals surface area contributed by atoms with Crippen LogP contribution in [0.3, 0.4) is 0 Å². The van der Waals surface area contributed by atoms with E-state index in [0.29, 0.717) is 31.9 Å². The van der Waals surface area contributed by atoms with Gasteiger partial charge in [-0.2, -0.15) is 4.31 Å². The Morgan fingerprint density at radius 3 is 2.41 bits per heavy atom. The van der Waals surface area contributed by atoms with E-state index in [-0.39, 0.29) is 18.2 Å². The van der Waals surface area contributed by atoms with E-state index in [1.807, 2.05) is 42.5 Å². The van der Waals surface area contributed by atoms with Crippen molar-refractivity contribution in [2.24, 2.45) is 0 Å². The van der Waals surface area contributed by atoms with Crippen LogP contribution in [-0.2, 0) is 31.9 Å². The molecule has 1 saturated heterocycles. The molecule has 0 atom stereocenters. The Morgan fingerprint density at radius 2 is 1.72 bits per heavy atom. The molecule has 2 aromatic carbocycles. The SMILES string of the molecule is O=C(C=Cc1ccc(Br)cc1)NCc1ccccc1CS(=O)(=O)N1CCOCC1. The number of hydrogen-bond acceptors (Lipinski definition) is 4. The lowest BCUT2D eigenvalue weighted by atomic mass is 10.1. The second kappa shape index (κ2) is 10.2. The number of carbonyl (C=O) groups excluding carboxylic acids is 1. The van der Waals surface area contributed by atoms with Crippen LogP contribution in [-0.4, -0.2) is 44.9 Å². The second-order valence-corrected chi connectivity index (χ2v) is 9.52. The molecule has 3 rings (SSSR count). The molecule has 1 amide bonds. The molecule has 154 valence electrons. The zero-order valence-corrected chi connectivity index (χ0v) is 18.3. The molecule has 2 aromatic rings. The van der Waals surface area contributed by atoms with Gasteiger partial charge in [-0.1, -0.05) is 52.3 Å². The van der Waals surface area contributed by atoms with Gasteiger partial charge >= 0.3 is 0 Å². The summed E-state index contributed by atoms with van der Waals surface area (Å²) in [5.74, 6) is -0.327. The predicted molar refractivity (Wildman–Crippen MR) is 116 cm³/mol. The number of amides is 1. The Kier molecular flexibility index (Phi) is 7.60. The first-order chi connectivity index (χ1) is 13.9. The normalized spacial score (nSPS) is 15.5. The minimum absolute atomic E-state index is 0.0895. The fraction of sp³-hybridized carbons (Fsp3) is 0.286. The Labute approximate surface area is 179 Å². The largest absolute Gasteiger partial charge is 0.379 e. The van der Waals surface area contributed by atoms with Gasteiger partial charge in [0.2, 0.25) is 15.9 Å². The first-order valence-electron chi connectivity index (χ1n) is 9.28. The Balaban J connectivity index is 1.61. The number of sulfonamides is 1. The average Bonchev–Trinajstić information content (AvgIpc) is 2.73. The fourth-order valence-electron chi connectivity index (χ4n) is 2.97. The topological polar surface area (TPSA) is 75.7 Å². The summed E-state index contributed by atoms with van der Waals surface area (Å²) in [6, 6.07) is 14.9. The lowest BCUT2D eigenvalue weighted by Crippen LogP contribution is -2.41. The smallest absolute Gasteiger partial charge is 0.244 e. The first kappa shape index (κ1) is 21.7. The minimum Gasteiger partial charge on any atom is -0.379 e. The lowest BCUT2D eigenvalue weighted by Gasteiger charge is -2.26. The molecule has 6 nitrogen and oxygen atoms in total. The molecule has 0 aliphatic carbocycles. The molecule has 0 spiro atoms. The van der Waals surface area contributed by atoms with Crippen LogP contribution in [0.2, 0.25) is 0 Å². The molecule has 0 radical (unpaired) electrons. The van der Waals surface area contributed by atoms with Gasteiger partial charge in [0.15, 0.2) is 0 Å². The van der Waals surface area contributed by atoms with E-state index in [0.717, 1.165) is 15.6 Å². The Morgan fingerprint density at radius 1 is 1.07 bits per heavy atom. The third-order valence-electron chi connectivity index (χ3n) is 4.57. The number of carbonyl (C=O) groups is 1. The number of rotatable bonds is 7. The molecule has 1 heterocycles. The molecule has 0 aromatic heterocycles. The third kappa shape index (κ3) is 6.50. The average molecular weight is 479 g/mol. The van der Waals surface area contributed by atoms with Crippen LogP contribution >= 0.6 is 15.9 Å². The molecular formula is C21H23BrN2O4S. The maximum absolute atomic E-state index is 12.7. The van der Waals surface area contributed by atoms with Crippen LogP contribution in [0, 0.1) is 0 Å². The summed E-state index contributed by atoms with van der Waals surface area (Å²) in [5, 5.41) is 2.82. The van der Waals surface area contributed by atoms with Gasteiger partial charge in [-0.3, -0.25) is 4.79 Å². The van der Waals surface area contributed by atoms with Crippen molar-refractivity contribution in [2.45, 2.75) is 12.3 Å². The standard InChI is InChI=1S/C21H23BrN2O4S/c22-20-8-5-17(6-9-20)7-10-21(25)23-15-18-3-1-2-4-19(18)16-29(26,27)24-11-13-28-14-12-24/h1-10H,11-16H2,(H,23,25). The van der Waals surface area contributed by atoms with Crippen molar-refractivity contribution in [2.75, 3.05) is 26.3 Å². The van der Waals surface area contributed by atoms with Gasteiger partial charge in [-0.15, -0.1) is 0 Å². The van der Waals surface area contributed by atoms with Gasteiger partial charge in [-0.25, -0.2) is 8.42 Å². The van der Waals surface area contributed by atoms with Gasteiger partial charge in [0, 0.05) is 30.2 Å².